The first-order valence-electron chi connectivity index (χ1n) is 15.8. The van der Waals surface area contributed by atoms with Gasteiger partial charge in [-0.15, -0.1) is 0 Å². The zero-order valence-electron chi connectivity index (χ0n) is 25.7. The van der Waals surface area contributed by atoms with Gasteiger partial charge in [0.25, 0.3) is 0 Å². The summed E-state index contributed by atoms with van der Waals surface area (Å²) in [7, 11) is 0. The molecule has 1 aliphatic rings. The number of anilines is 1. The third-order valence-electron chi connectivity index (χ3n) is 8.85. The summed E-state index contributed by atoms with van der Waals surface area (Å²) in [5, 5.41) is 8.36. The van der Waals surface area contributed by atoms with E-state index < -0.39 is 0 Å². The van der Waals surface area contributed by atoms with Crippen LogP contribution in [0.1, 0.15) is 5.56 Å². The van der Waals surface area contributed by atoms with Gasteiger partial charge in [-0.2, -0.15) is 0 Å². The van der Waals surface area contributed by atoms with Crippen LogP contribution in [0.4, 0.5) is 5.69 Å². The van der Waals surface area contributed by atoms with E-state index in [9.17, 15) is 0 Å². The van der Waals surface area contributed by atoms with E-state index in [-0.39, 0.29) is 6.04 Å². The normalized spacial score (nSPS) is 15.2. The van der Waals surface area contributed by atoms with Crippen molar-refractivity contribution in [2.24, 2.45) is 5.73 Å². The van der Waals surface area contributed by atoms with Gasteiger partial charge in [-0.05, 0) is 90.8 Å². The van der Waals surface area contributed by atoms with Crippen molar-refractivity contribution in [3.8, 4) is 33.4 Å². The van der Waals surface area contributed by atoms with Crippen LogP contribution < -0.4 is 11.1 Å². The number of rotatable bonds is 6. The minimum atomic E-state index is -0.222. The maximum Gasteiger partial charge on any atom is 0.0504 e. The van der Waals surface area contributed by atoms with Gasteiger partial charge < -0.3 is 11.1 Å². The Morgan fingerprint density at radius 3 is 1.70 bits per heavy atom. The molecule has 0 saturated carbocycles. The molecule has 8 rings (SSSR count). The molecular weight excluding hydrogens is 573 g/mol. The second-order valence-corrected chi connectivity index (χ2v) is 11.8. The topological polar surface area (TPSA) is 63.8 Å². The van der Waals surface area contributed by atoms with Crippen molar-refractivity contribution >= 4 is 32.8 Å². The summed E-state index contributed by atoms with van der Waals surface area (Å²) < 4.78 is 0. The molecule has 1 atom stereocenters. The molecule has 2 heterocycles. The smallest absolute Gasteiger partial charge is 0.0504 e. The van der Waals surface area contributed by atoms with Crippen molar-refractivity contribution in [2.75, 3.05) is 5.32 Å². The fourth-order valence-electron chi connectivity index (χ4n) is 6.55. The first-order valence-corrected chi connectivity index (χ1v) is 15.8. The number of aromatic nitrogens is 2. The highest BCUT2D eigenvalue weighted by atomic mass is 14.8. The molecule has 0 saturated heterocycles. The van der Waals surface area contributed by atoms with Crippen LogP contribution >= 0.6 is 0 Å². The molecule has 3 N–H and O–H groups in total. The molecule has 0 spiro atoms. The molecule has 2 aromatic heterocycles. The molecule has 0 aliphatic heterocycles. The summed E-state index contributed by atoms with van der Waals surface area (Å²) in [6.07, 6.45) is 15.8. The van der Waals surface area contributed by atoms with Crippen LogP contribution in [0.2, 0.25) is 0 Å². The summed E-state index contributed by atoms with van der Waals surface area (Å²) >= 11 is 0. The van der Waals surface area contributed by atoms with Crippen molar-refractivity contribution in [1.29, 1.82) is 0 Å². The maximum atomic E-state index is 6.63. The van der Waals surface area contributed by atoms with Gasteiger partial charge in [0, 0.05) is 47.8 Å². The zero-order chi connectivity index (χ0) is 31.6. The van der Waals surface area contributed by atoms with Gasteiger partial charge in [-0.3, -0.25) is 9.97 Å². The Morgan fingerprint density at radius 1 is 0.532 bits per heavy atom. The average molecular weight is 605 g/mol. The molecule has 7 aromatic rings. The molecule has 0 amide bonds. The lowest BCUT2D eigenvalue weighted by Crippen LogP contribution is -2.22. The van der Waals surface area contributed by atoms with Crippen molar-refractivity contribution < 1.29 is 0 Å². The standard InChI is InChI=1S/C43H32N4/c44-41-25-32(30-8-5-9-31(24-30)33-10-6-22-45-26-33)16-17-34(41)28-47-36-20-18-29(19-21-36)42-37-12-1-3-14-39(37)43(35-11-7-23-46-27-35)40-15-4-2-13-38(40)42/h1-28,41,47H,44H2/b34-28-. The third kappa shape index (κ3) is 5.52. The Bertz CT molecular complexity index is 2260. The number of pyridine rings is 2. The number of benzene rings is 5. The van der Waals surface area contributed by atoms with Crippen LogP contribution in [0.15, 0.2) is 176 Å². The molecule has 224 valence electrons. The SMILES string of the molecule is NC1C=C(c2cccc(-c3cccnc3)c2)C=C/C1=C/Nc1ccc(-c2c3ccccc3c(-c3cccnc3)c3ccccc23)cc1. The Hall–Kier alpha value is -6.10. The maximum absolute atomic E-state index is 6.63. The highest BCUT2D eigenvalue weighted by Gasteiger charge is 2.17. The third-order valence-corrected chi connectivity index (χ3v) is 8.85. The van der Waals surface area contributed by atoms with Crippen LogP contribution in [0.3, 0.4) is 0 Å². The van der Waals surface area contributed by atoms with Crippen LogP contribution in [0, 0.1) is 0 Å². The lowest BCUT2D eigenvalue weighted by atomic mass is 9.86. The summed E-state index contributed by atoms with van der Waals surface area (Å²) in [5.74, 6) is 0. The minimum absolute atomic E-state index is 0.222. The summed E-state index contributed by atoms with van der Waals surface area (Å²) in [6, 6.07) is 42.5. The lowest BCUT2D eigenvalue weighted by molar-refractivity contribution is 0.972. The van der Waals surface area contributed by atoms with E-state index >= 15 is 0 Å². The minimum Gasteiger partial charge on any atom is -0.361 e. The number of hydrogen-bond acceptors (Lipinski definition) is 4. The summed E-state index contributed by atoms with van der Waals surface area (Å²) in [5.41, 5.74) is 17.9. The van der Waals surface area contributed by atoms with Crippen molar-refractivity contribution in [3.63, 3.8) is 0 Å². The van der Waals surface area contributed by atoms with E-state index in [0.717, 1.165) is 39.1 Å². The van der Waals surface area contributed by atoms with Gasteiger partial charge >= 0.3 is 0 Å². The van der Waals surface area contributed by atoms with Crippen LogP contribution in [-0.2, 0) is 0 Å². The first-order chi connectivity index (χ1) is 23.2. The van der Waals surface area contributed by atoms with E-state index in [2.05, 4.69) is 143 Å². The number of nitrogens with zero attached hydrogens (tertiary/aromatic N) is 2. The fraction of sp³-hybridized carbons (Fsp3) is 0.0233. The first kappa shape index (κ1) is 28.4. The van der Waals surface area contributed by atoms with Crippen LogP contribution in [0.5, 0.6) is 0 Å². The lowest BCUT2D eigenvalue weighted by Gasteiger charge is -2.18. The monoisotopic (exact) mass is 604 g/mol. The van der Waals surface area contributed by atoms with E-state index in [0.29, 0.717) is 0 Å². The summed E-state index contributed by atoms with van der Waals surface area (Å²) in [6.45, 7) is 0. The zero-order valence-corrected chi connectivity index (χ0v) is 25.7. The molecule has 0 radical (unpaired) electrons. The van der Waals surface area contributed by atoms with Crippen LogP contribution in [-0.4, -0.2) is 16.0 Å². The molecule has 5 aromatic carbocycles. The Balaban J connectivity index is 1.07. The predicted molar refractivity (Wildman–Crippen MR) is 197 cm³/mol. The van der Waals surface area contributed by atoms with Crippen molar-refractivity contribution in [2.45, 2.75) is 6.04 Å². The molecular formula is C43H32N4. The van der Waals surface area contributed by atoms with Crippen molar-refractivity contribution in [1.82, 2.24) is 9.97 Å². The molecule has 47 heavy (non-hydrogen) atoms. The Kier molecular flexibility index (Phi) is 7.46. The number of fused-ring (bicyclic) bond motifs is 2. The van der Waals surface area contributed by atoms with Gasteiger partial charge in [0.15, 0.2) is 0 Å². The number of nitrogens with one attached hydrogen (secondary N) is 1. The molecule has 1 unspecified atom stereocenters. The van der Waals surface area contributed by atoms with Gasteiger partial charge in [-0.1, -0.05) is 109 Å². The van der Waals surface area contributed by atoms with Gasteiger partial charge in [0.05, 0.1) is 6.04 Å². The summed E-state index contributed by atoms with van der Waals surface area (Å²) in [4.78, 5) is 8.69. The highest BCUT2D eigenvalue weighted by Crippen LogP contribution is 2.43. The number of nitrogens with two attached hydrogens (primary N) is 1. The van der Waals surface area contributed by atoms with Gasteiger partial charge in [-0.25, -0.2) is 0 Å². The van der Waals surface area contributed by atoms with E-state index in [1.54, 1.807) is 6.20 Å². The Labute approximate surface area is 274 Å². The van der Waals surface area contributed by atoms with Gasteiger partial charge in [0.2, 0.25) is 0 Å². The highest BCUT2D eigenvalue weighted by molar-refractivity contribution is 6.21. The average Bonchev–Trinajstić information content (AvgIpc) is 3.14. The quantitative estimate of drug-likeness (QED) is 0.185. The van der Waals surface area contributed by atoms with E-state index in [4.69, 9.17) is 5.73 Å². The molecule has 0 fully saturated rings. The Morgan fingerprint density at radius 2 is 1.11 bits per heavy atom. The fourth-order valence-corrected chi connectivity index (χ4v) is 6.55. The molecule has 0 bridgehead atoms. The van der Waals surface area contributed by atoms with Gasteiger partial charge in [0.1, 0.15) is 0 Å². The molecule has 4 heteroatoms. The van der Waals surface area contributed by atoms with Crippen LogP contribution in [0.25, 0.3) is 60.5 Å². The second kappa shape index (κ2) is 12.4. The largest absolute Gasteiger partial charge is 0.361 e. The molecule has 1 aliphatic carbocycles. The van der Waals surface area contributed by atoms with E-state index in [1.165, 1.54) is 38.2 Å². The molecule has 4 nitrogen and oxygen atoms in total. The second-order valence-electron chi connectivity index (χ2n) is 11.8. The predicted octanol–water partition coefficient (Wildman–Crippen LogP) is 10.1. The number of allylic oxidation sites excluding steroid dienone is 2. The van der Waals surface area contributed by atoms with E-state index in [1.807, 2.05) is 36.9 Å². The van der Waals surface area contributed by atoms with Crippen molar-refractivity contribution in [3.05, 3.63) is 182 Å². The number of hydrogen-bond donors (Lipinski definition) is 2.